The van der Waals surface area contributed by atoms with Crippen LogP contribution in [0.15, 0.2) is 48.5 Å². The van der Waals surface area contributed by atoms with Crippen molar-refractivity contribution in [2.45, 2.75) is 32.8 Å². The third-order valence-electron chi connectivity index (χ3n) is 6.29. The molecular weight excluding hydrogens is 374 g/mol. The van der Waals surface area contributed by atoms with Crippen LogP contribution in [-0.2, 0) is 11.2 Å². The smallest absolute Gasteiger partial charge is 0.229 e. The summed E-state index contributed by atoms with van der Waals surface area (Å²) in [6, 6.07) is 16.7. The Morgan fingerprint density at radius 1 is 1.00 bits per heavy atom. The summed E-state index contributed by atoms with van der Waals surface area (Å²) in [4.78, 5) is 19.2. The SMILES string of the molecule is CC(C)C(=O)N1CCCc2cc(C(O)CN3CCN(c4ccccc4)CC3)ccc21. The van der Waals surface area contributed by atoms with Gasteiger partial charge in [0.2, 0.25) is 5.91 Å². The van der Waals surface area contributed by atoms with E-state index in [-0.39, 0.29) is 11.8 Å². The van der Waals surface area contributed by atoms with E-state index in [0.29, 0.717) is 6.54 Å². The fourth-order valence-electron chi connectivity index (χ4n) is 4.54. The molecule has 4 rings (SSSR count). The molecule has 2 aromatic carbocycles. The molecule has 0 saturated carbocycles. The van der Waals surface area contributed by atoms with Crippen LogP contribution in [0.3, 0.4) is 0 Å². The van der Waals surface area contributed by atoms with Gasteiger partial charge in [0.05, 0.1) is 6.10 Å². The van der Waals surface area contributed by atoms with Crippen molar-refractivity contribution in [2.24, 2.45) is 5.92 Å². The van der Waals surface area contributed by atoms with E-state index in [1.165, 1.54) is 11.3 Å². The van der Waals surface area contributed by atoms with Gasteiger partial charge in [-0.05, 0) is 42.2 Å². The third kappa shape index (κ3) is 4.52. The third-order valence-corrected chi connectivity index (χ3v) is 6.29. The number of carbonyl (C=O) groups is 1. The predicted octanol–water partition coefficient (Wildman–Crippen LogP) is 3.48. The Bertz CT molecular complexity index is 860. The van der Waals surface area contributed by atoms with Crippen LogP contribution in [0.5, 0.6) is 0 Å². The van der Waals surface area contributed by atoms with Gasteiger partial charge in [0.15, 0.2) is 0 Å². The zero-order valence-electron chi connectivity index (χ0n) is 18.1. The van der Waals surface area contributed by atoms with Crippen LogP contribution in [0.2, 0.25) is 0 Å². The molecule has 2 aromatic rings. The number of piperazine rings is 1. The van der Waals surface area contributed by atoms with Gasteiger partial charge in [0.1, 0.15) is 0 Å². The van der Waals surface area contributed by atoms with Crippen LogP contribution in [0.4, 0.5) is 11.4 Å². The number of hydrogen-bond donors (Lipinski definition) is 1. The van der Waals surface area contributed by atoms with E-state index in [2.05, 4.69) is 40.1 Å². The standard InChI is InChI=1S/C25H33N3O2/c1-19(2)25(30)28-12-6-7-20-17-21(10-11-23(20)28)24(29)18-26-13-15-27(16-14-26)22-8-4-3-5-9-22/h3-5,8-11,17,19,24,29H,6-7,12-16,18H2,1-2H3. The summed E-state index contributed by atoms with van der Waals surface area (Å²) in [7, 11) is 0. The summed E-state index contributed by atoms with van der Waals surface area (Å²) < 4.78 is 0. The van der Waals surface area contributed by atoms with Gasteiger partial charge in [-0.1, -0.05) is 44.2 Å². The lowest BCUT2D eigenvalue weighted by Gasteiger charge is -2.37. The van der Waals surface area contributed by atoms with E-state index in [9.17, 15) is 9.90 Å². The number of benzene rings is 2. The molecule has 0 bridgehead atoms. The summed E-state index contributed by atoms with van der Waals surface area (Å²) in [6.45, 7) is 9.20. The lowest BCUT2D eigenvalue weighted by atomic mass is 9.96. The number of hydrogen-bond acceptors (Lipinski definition) is 4. The zero-order valence-corrected chi connectivity index (χ0v) is 18.1. The van der Waals surface area contributed by atoms with E-state index >= 15 is 0 Å². The Morgan fingerprint density at radius 3 is 2.43 bits per heavy atom. The number of carbonyl (C=O) groups excluding carboxylic acids is 1. The van der Waals surface area contributed by atoms with Crippen LogP contribution in [0.1, 0.15) is 37.5 Å². The van der Waals surface area contributed by atoms with Gasteiger partial charge in [-0.2, -0.15) is 0 Å². The van der Waals surface area contributed by atoms with Crippen molar-refractivity contribution in [3.05, 3.63) is 59.7 Å². The molecule has 1 unspecified atom stereocenters. The highest BCUT2D eigenvalue weighted by Crippen LogP contribution is 2.31. The Balaban J connectivity index is 1.38. The highest BCUT2D eigenvalue weighted by Gasteiger charge is 2.26. The highest BCUT2D eigenvalue weighted by molar-refractivity contribution is 5.95. The van der Waals surface area contributed by atoms with Crippen molar-refractivity contribution < 1.29 is 9.90 Å². The molecule has 1 amide bonds. The molecule has 5 heteroatoms. The minimum absolute atomic E-state index is 0.00392. The van der Waals surface area contributed by atoms with Crippen molar-refractivity contribution in [1.29, 1.82) is 0 Å². The van der Waals surface area contributed by atoms with Crippen LogP contribution in [0.25, 0.3) is 0 Å². The van der Waals surface area contributed by atoms with E-state index in [0.717, 1.165) is 56.8 Å². The molecule has 2 aliphatic heterocycles. The largest absolute Gasteiger partial charge is 0.387 e. The minimum atomic E-state index is -0.505. The average Bonchev–Trinajstić information content (AvgIpc) is 2.78. The Kier molecular flexibility index (Phi) is 6.40. The summed E-state index contributed by atoms with van der Waals surface area (Å²) in [5.41, 5.74) is 4.43. The van der Waals surface area contributed by atoms with Crippen molar-refractivity contribution in [3.8, 4) is 0 Å². The lowest BCUT2D eigenvalue weighted by molar-refractivity contribution is -0.121. The molecule has 1 atom stereocenters. The fraction of sp³-hybridized carbons (Fsp3) is 0.480. The first-order chi connectivity index (χ1) is 14.5. The first-order valence-corrected chi connectivity index (χ1v) is 11.2. The molecule has 1 fully saturated rings. The van der Waals surface area contributed by atoms with E-state index in [4.69, 9.17) is 0 Å². The molecule has 30 heavy (non-hydrogen) atoms. The van der Waals surface area contributed by atoms with Crippen molar-refractivity contribution in [3.63, 3.8) is 0 Å². The van der Waals surface area contributed by atoms with Crippen LogP contribution >= 0.6 is 0 Å². The van der Waals surface area contributed by atoms with Gasteiger partial charge in [0.25, 0.3) is 0 Å². The number of nitrogens with zero attached hydrogens (tertiary/aromatic N) is 3. The maximum absolute atomic E-state index is 12.5. The molecule has 0 spiro atoms. The summed E-state index contributed by atoms with van der Waals surface area (Å²) in [6.07, 6.45) is 1.44. The van der Waals surface area contributed by atoms with Crippen molar-refractivity contribution in [2.75, 3.05) is 49.1 Å². The summed E-state index contributed by atoms with van der Waals surface area (Å²) >= 11 is 0. The number of aliphatic hydroxyl groups is 1. The first kappa shape index (κ1) is 20.9. The number of fused-ring (bicyclic) bond motifs is 1. The van der Waals surface area contributed by atoms with Crippen molar-refractivity contribution >= 4 is 17.3 Å². The summed E-state index contributed by atoms with van der Waals surface area (Å²) in [5, 5.41) is 10.9. The second kappa shape index (κ2) is 9.19. The molecule has 2 heterocycles. The number of rotatable bonds is 5. The predicted molar refractivity (Wildman–Crippen MR) is 122 cm³/mol. The maximum atomic E-state index is 12.5. The van der Waals surface area contributed by atoms with Gasteiger partial charge >= 0.3 is 0 Å². The first-order valence-electron chi connectivity index (χ1n) is 11.2. The lowest BCUT2D eigenvalue weighted by Crippen LogP contribution is -2.47. The topological polar surface area (TPSA) is 47.0 Å². The molecule has 1 saturated heterocycles. The van der Waals surface area contributed by atoms with Crippen molar-refractivity contribution in [1.82, 2.24) is 4.90 Å². The molecule has 5 nitrogen and oxygen atoms in total. The summed E-state index contributed by atoms with van der Waals surface area (Å²) in [5.74, 6) is 0.177. The second-order valence-electron chi connectivity index (χ2n) is 8.78. The van der Waals surface area contributed by atoms with Gasteiger partial charge in [-0.25, -0.2) is 0 Å². The molecule has 0 aliphatic carbocycles. The molecule has 1 N–H and O–H groups in total. The zero-order chi connectivity index (χ0) is 21.1. The Hall–Kier alpha value is -2.37. The fourth-order valence-corrected chi connectivity index (χ4v) is 4.54. The molecule has 0 radical (unpaired) electrons. The monoisotopic (exact) mass is 407 g/mol. The van der Waals surface area contributed by atoms with Gasteiger partial charge in [-0.3, -0.25) is 9.69 Å². The van der Waals surface area contributed by atoms with Crippen LogP contribution in [0, 0.1) is 5.92 Å². The number of anilines is 2. The molecular formula is C25H33N3O2. The highest BCUT2D eigenvalue weighted by atomic mass is 16.3. The maximum Gasteiger partial charge on any atom is 0.229 e. The van der Waals surface area contributed by atoms with Gasteiger partial charge in [-0.15, -0.1) is 0 Å². The number of aliphatic hydroxyl groups excluding tert-OH is 1. The normalized spacial score (nSPS) is 18.4. The van der Waals surface area contributed by atoms with E-state index in [1.54, 1.807) is 0 Å². The van der Waals surface area contributed by atoms with Crippen LogP contribution in [-0.4, -0.2) is 55.2 Å². The quantitative estimate of drug-likeness (QED) is 0.824. The van der Waals surface area contributed by atoms with Gasteiger partial charge < -0.3 is 14.9 Å². The Morgan fingerprint density at radius 2 is 1.73 bits per heavy atom. The number of aryl methyl sites for hydroxylation is 1. The Labute approximate surface area is 179 Å². The number of para-hydroxylation sites is 1. The molecule has 160 valence electrons. The minimum Gasteiger partial charge on any atom is -0.387 e. The number of amides is 1. The average molecular weight is 408 g/mol. The molecule has 0 aromatic heterocycles. The van der Waals surface area contributed by atoms with Crippen LogP contribution < -0.4 is 9.80 Å². The number of β-amino-alcohol motifs (C(OH)–C–C–N with tert-alkyl or cyclic N) is 1. The van der Waals surface area contributed by atoms with E-state index < -0.39 is 6.10 Å². The second-order valence-corrected chi connectivity index (χ2v) is 8.78. The molecule has 2 aliphatic rings. The van der Waals surface area contributed by atoms with E-state index in [1.807, 2.05) is 36.9 Å². The van der Waals surface area contributed by atoms with Gasteiger partial charge in [0, 0.05) is 56.6 Å².